The zero-order valence-electron chi connectivity index (χ0n) is 11.0. The zero-order valence-corrected chi connectivity index (χ0v) is 14.2. The van der Waals surface area contributed by atoms with E-state index in [1.54, 1.807) is 11.3 Å². The van der Waals surface area contributed by atoms with Crippen LogP contribution in [0.25, 0.3) is 11.3 Å². The van der Waals surface area contributed by atoms with Crippen LogP contribution in [0.5, 0.6) is 0 Å². The minimum Gasteiger partial charge on any atom is -0.378 e. The normalized spacial score (nSPS) is 10.6. The van der Waals surface area contributed by atoms with E-state index in [0.717, 1.165) is 26.4 Å². The maximum Gasteiger partial charge on any atom is 0.112 e. The van der Waals surface area contributed by atoms with Crippen molar-refractivity contribution in [2.45, 2.75) is 6.54 Å². The van der Waals surface area contributed by atoms with Gasteiger partial charge in [0.25, 0.3) is 0 Å². The third-order valence-electron chi connectivity index (χ3n) is 3.00. The highest BCUT2D eigenvalue weighted by atomic mass is 79.9. The lowest BCUT2D eigenvalue weighted by molar-refractivity contribution is 1.10. The van der Waals surface area contributed by atoms with E-state index in [4.69, 9.17) is 11.6 Å². The van der Waals surface area contributed by atoms with Gasteiger partial charge in [0.05, 0.1) is 27.4 Å². The van der Waals surface area contributed by atoms with Gasteiger partial charge in [-0.25, -0.2) is 4.98 Å². The second-order valence-corrected chi connectivity index (χ2v) is 6.59. The second-order valence-electron chi connectivity index (χ2n) is 4.45. The molecule has 0 radical (unpaired) electrons. The van der Waals surface area contributed by atoms with Crippen LogP contribution in [0.3, 0.4) is 0 Å². The molecular formula is C16H12BrClN2S. The Morgan fingerprint density at radius 3 is 2.71 bits per heavy atom. The molecule has 0 aliphatic carbocycles. The number of anilines is 1. The van der Waals surface area contributed by atoms with Crippen molar-refractivity contribution in [3.8, 4) is 11.3 Å². The molecule has 3 aromatic rings. The molecule has 0 aliphatic heterocycles. The minimum atomic E-state index is 0.677. The molecule has 0 unspecified atom stereocenters. The molecule has 21 heavy (non-hydrogen) atoms. The fourth-order valence-electron chi connectivity index (χ4n) is 1.94. The van der Waals surface area contributed by atoms with Crippen LogP contribution in [-0.4, -0.2) is 4.98 Å². The Morgan fingerprint density at radius 2 is 1.90 bits per heavy atom. The van der Waals surface area contributed by atoms with Gasteiger partial charge in [-0.15, -0.1) is 11.3 Å². The topological polar surface area (TPSA) is 24.9 Å². The quantitative estimate of drug-likeness (QED) is 0.616. The molecule has 2 nitrogen and oxygen atoms in total. The highest BCUT2D eigenvalue weighted by Crippen LogP contribution is 2.30. The third-order valence-corrected chi connectivity index (χ3v) is 5.25. The summed E-state index contributed by atoms with van der Waals surface area (Å²) in [5.74, 6) is 0. The van der Waals surface area contributed by atoms with E-state index in [1.165, 1.54) is 0 Å². The highest BCUT2D eigenvalue weighted by molar-refractivity contribution is 9.10. The van der Waals surface area contributed by atoms with E-state index in [0.29, 0.717) is 11.6 Å². The maximum absolute atomic E-state index is 6.08. The van der Waals surface area contributed by atoms with E-state index in [1.807, 2.05) is 36.4 Å². The zero-order chi connectivity index (χ0) is 14.7. The predicted octanol–water partition coefficient (Wildman–Crippen LogP) is 5.84. The fraction of sp³-hybridized carbons (Fsp3) is 0.0625. The van der Waals surface area contributed by atoms with Crippen LogP contribution in [0.1, 0.15) is 5.01 Å². The Labute approximate surface area is 140 Å². The van der Waals surface area contributed by atoms with Gasteiger partial charge in [0.1, 0.15) is 5.01 Å². The number of halogens is 2. The molecule has 0 atom stereocenters. The number of aromatic nitrogens is 1. The average molecular weight is 380 g/mol. The van der Waals surface area contributed by atoms with E-state index < -0.39 is 0 Å². The summed E-state index contributed by atoms with van der Waals surface area (Å²) in [6.07, 6.45) is 0. The lowest BCUT2D eigenvalue weighted by Gasteiger charge is -2.07. The fourth-order valence-corrected chi connectivity index (χ4v) is 3.27. The van der Waals surface area contributed by atoms with Crippen molar-refractivity contribution >= 4 is 44.6 Å². The van der Waals surface area contributed by atoms with Gasteiger partial charge in [0, 0.05) is 10.9 Å². The Balaban J connectivity index is 1.72. The molecule has 0 aliphatic rings. The number of hydrogen-bond acceptors (Lipinski definition) is 3. The molecule has 0 saturated carbocycles. The standard InChI is InChI=1S/C16H12BrClN2S/c17-16-12(18)7-4-8-13(16)19-9-15-20-14(10-21-15)11-5-2-1-3-6-11/h1-8,10,19H,9H2. The first-order valence-corrected chi connectivity index (χ1v) is 8.47. The summed E-state index contributed by atoms with van der Waals surface area (Å²) in [5, 5.41) is 7.17. The first kappa shape index (κ1) is 14.6. The van der Waals surface area contributed by atoms with Crippen LogP contribution in [-0.2, 0) is 6.54 Å². The number of rotatable bonds is 4. The summed E-state index contributed by atoms with van der Waals surface area (Å²) in [5.41, 5.74) is 3.13. The number of hydrogen-bond donors (Lipinski definition) is 1. The van der Waals surface area contributed by atoms with E-state index >= 15 is 0 Å². The van der Waals surface area contributed by atoms with Gasteiger partial charge < -0.3 is 5.32 Å². The largest absolute Gasteiger partial charge is 0.378 e. The van der Waals surface area contributed by atoms with Crippen molar-refractivity contribution in [1.82, 2.24) is 4.98 Å². The van der Waals surface area contributed by atoms with Crippen molar-refractivity contribution < 1.29 is 0 Å². The van der Waals surface area contributed by atoms with Crippen molar-refractivity contribution in [2.24, 2.45) is 0 Å². The van der Waals surface area contributed by atoms with Crippen LogP contribution >= 0.6 is 38.9 Å². The summed E-state index contributed by atoms with van der Waals surface area (Å²) in [6, 6.07) is 16.0. The van der Waals surface area contributed by atoms with Gasteiger partial charge in [0.2, 0.25) is 0 Å². The number of nitrogens with zero attached hydrogens (tertiary/aromatic N) is 1. The highest BCUT2D eigenvalue weighted by Gasteiger charge is 2.06. The van der Waals surface area contributed by atoms with Crippen LogP contribution < -0.4 is 5.32 Å². The molecule has 0 saturated heterocycles. The smallest absolute Gasteiger partial charge is 0.112 e. The summed E-state index contributed by atoms with van der Waals surface area (Å²) < 4.78 is 0.881. The molecule has 0 amide bonds. The van der Waals surface area contributed by atoms with E-state index in [2.05, 4.69) is 43.7 Å². The molecule has 3 rings (SSSR count). The molecular weight excluding hydrogens is 368 g/mol. The molecule has 106 valence electrons. The van der Waals surface area contributed by atoms with Gasteiger partial charge in [-0.1, -0.05) is 48.0 Å². The molecule has 1 heterocycles. The monoisotopic (exact) mass is 378 g/mol. The SMILES string of the molecule is Clc1cccc(NCc2nc(-c3ccccc3)cs2)c1Br. The number of benzene rings is 2. The first-order valence-electron chi connectivity index (χ1n) is 6.42. The number of thiazole rings is 1. The van der Waals surface area contributed by atoms with Crippen LogP contribution in [0, 0.1) is 0 Å². The van der Waals surface area contributed by atoms with Gasteiger partial charge >= 0.3 is 0 Å². The Kier molecular flexibility index (Phi) is 4.58. The van der Waals surface area contributed by atoms with E-state index in [-0.39, 0.29) is 0 Å². The summed E-state index contributed by atoms with van der Waals surface area (Å²) in [4.78, 5) is 4.66. The summed E-state index contributed by atoms with van der Waals surface area (Å²) in [7, 11) is 0. The molecule has 2 aromatic carbocycles. The van der Waals surface area contributed by atoms with Crippen molar-refractivity contribution in [3.05, 3.63) is 68.4 Å². The third kappa shape index (κ3) is 3.46. The van der Waals surface area contributed by atoms with Gasteiger partial charge in [-0.3, -0.25) is 0 Å². The van der Waals surface area contributed by atoms with Crippen LogP contribution in [0.15, 0.2) is 58.4 Å². The second kappa shape index (κ2) is 6.60. The first-order chi connectivity index (χ1) is 10.2. The lowest BCUT2D eigenvalue weighted by Crippen LogP contribution is -1.99. The van der Waals surface area contributed by atoms with Crippen LogP contribution in [0.2, 0.25) is 5.02 Å². The molecule has 0 spiro atoms. The lowest BCUT2D eigenvalue weighted by atomic mass is 10.2. The molecule has 1 aromatic heterocycles. The van der Waals surface area contributed by atoms with Crippen molar-refractivity contribution in [2.75, 3.05) is 5.32 Å². The molecule has 0 bridgehead atoms. The minimum absolute atomic E-state index is 0.677. The van der Waals surface area contributed by atoms with Gasteiger partial charge in [0.15, 0.2) is 0 Å². The molecule has 0 fully saturated rings. The van der Waals surface area contributed by atoms with Crippen molar-refractivity contribution in [3.63, 3.8) is 0 Å². The molecule has 5 heteroatoms. The number of nitrogens with one attached hydrogen (secondary N) is 1. The van der Waals surface area contributed by atoms with Crippen molar-refractivity contribution in [1.29, 1.82) is 0 Å². The Morgan fingerprint density at radius 1 is 1.10 bits per heavy atom. The Hall–Kier alpha value is -1.36. The maximum atomic E-state index is 6.08. The van der Waals surface area contributed by atoms with E-state index in [9.17, 15) is 0 Å². The summed E-state index contributed by atoms with van der Waals surface area (Å²) >= 11 is 11.2. The van der Waals surface area contributed by atoms with Gasteiger partial charge in [-0.2, -0.15) is 0 Å². The Bertz CT molecular complexity index is 743. The summed E-state index contributed by atoms with van der Waals surface area (Å²) in [6.45, 7) is 0.677. The van der Waals surface area contributed by atoms with Crippen LogP contribution in [0.4, 0.5) is 5.69 Å². The van der Waals surface area contributed by atoms with Gasteiger partial charge in [-0.05, 0) is 28.1 Å². The predicted molar refractivity (Wildman–Crippen MR) is 94.0 cm³/mol. The molecule has 1 N–H and O–H groups in total. The average Bonchev–Trinajstić information content (AvgIpc) is 2.99.